The summed E-state index contributed by atoms with van der Waals surface area (Å²) in [6.07, 6.45) is 4.14. The molecule has 0 spiro atoms. The van der Waals surface area contributed by atoms with Crippen LogP contribution in [0.1, 0.15) is 32.6 Å². The highest BCUT2D eigenvalue weighted by molar-refractivity contribution is 7.89. The van der Waals surface area contributed by atoms with E-state index in [4.69, 9.17) is 4.74 Å². The zero-order valence-corrected chi connectivity index (χ0v) is 16.1. The van der Waals surface area contributed by atoms with Crippen molar-refractivity contribution >= 4 is 27.1 Å². The van der Waals surface area contributed by atoms with Crippen LogP contribution in [0.25, 0.3) is 0 Å². The molecular weight excluding hydrogens is 372 g/mol. The summed E-state index contributed by atoms with van der Waals surface area (Å²) in [5.41, 5.74) is 3.82. The zero-order chi connectivity index (χ0) is 19.4. The maximum atomic E-state index is 13.1. The first kappa shape index (κ1) is 19.7. The van der Waals surface area contributed by atoms with Crippen LogP contribution in [-0.2, 0) is 14.8 Å². The smallest absolute Gasteiger partial charge is 0.270 e. The van der Waals surface area contributed by atoms with E-state index in [0.29, 0.717) is 19.1 Å². The van der Waals surface area contributed by atoms with Gasteiger partial charge in [-0.1, -0.05) is 13.3 Å². The van der Waals surface area contributed by atoms with Crippen molar-refractivity contribution < 1.29 is 18.1 Å². The molecule has 0 aromatic heterocycles. The number of sulfonamides is 1. The minimum atomic E-state index is -3.90. The maximum absolute atomic E-state index is 13.1. The number of nitro benzene ring substituents is 1. The lowest BCUT2D eigenvalue weighted by Crippen LogP contribution is -2.40. The summed E-state index contributed by atoms with van der Waals surface area (Å²) in [5, 5.41) is 15.6. The molecule has 27 heavy (non-hydrogen) atoms. The highest BCUT2D eigenvalue weighted by Crippen LogP contribution is 2.30. The lowest BCUT2D eigenvalue weighted by Gasteiger charge is -2.27. The van der Waals surface area contributed by atoms with Gasteiger partial charge in [0.25, 0.3) is 5.69 Å². The molecule has 2 aliphatic rings. The second kappa shape index (κ2) is 8.32. The third-order valence-corrected chi connectivity index (χ3v) is 6.91. The molecular formula is C17H24N4O5S. The third kappa shape index (κ3) is 4.45. The Morgan fingerprint density at radius 2 is 2.04 bits per heavy atom. The normalized spacial score (nSPS) is 23.3. The number of rotatable bonds is 5. The summed E-state index contributed by atoms with van der Waals surface area (Å²) in [5.74, 6) is 0.337. The Labute approximate surface area is 158 Å². The highest BCUT2D eigenvalue weighted by Gasteiger charge is 2.30. The molecule has 1 atom stereocenters. The van der Waals surface area contributed by atoms with Crippen molar-refractivity contribution in [2.75, 3.05) is 31.7 Å². The van der Waals surface area contributed by atoms with E-state index in [1.165, 1.54) is 16.4 Å². The van der Waals surface area contributed by atoms with Crippen molar-refractivity contribution in [2.24, 2.45) is 11.0 Å². The monoisotopic (exact) mass is 396 g/mol. The fourth-order valence-corrected chi connectivity index (χ4v) is 4.89. The van der Waals surface area contributed by atoms with Gasteiger partial charge in [-0.05, 0) is 31.2 Å². The van der Waals surface area contributed by atoms with Crippen LogP contribution in [0.4, 0.5) is 11.4 Å². The predicted molar refractivity (Wildman–Crippen MR) is 101 cm³/mol. The van der Waals surface area contributed by atoms with Crippen LogP contribution in [0.15, 0.2) is 28.2 Å². The van der Waals surface area contributed by atoms with Gasteiger partial charge in [0.2, 0.25) is 10.0 Å². The number of nitrogens with zero attached hydrogens (tertiary/aromatic N) is 3. The van der Waals surface area contributed by atoms with Gasteiger partial charge < -0.3 is 4.74 Å². The van der Waals surface area contributed by atoms with Gasteiger partial charge in [-0.15, -0.1) is 0 Å². The Balaban J connectivity index is 1.95. The van der Waals surface area contributed by atoms with Crippen LogP contribution in [-0.4, -0.2) is 49.7 Å². The molecule has 1 aromatic rings. The average Bonchev–Trinajstić information content (AvgIpc) is 2.68. The van der Waals surface area contributed by atoms with Crippen molar-refractivity contribution in [3.8, 4) is 0 Å². The largest absolute Gasteiger partial charge is 0.379 e. The fourth-order valence-electron chi connectivity index (χ4n) is 3.32. The maximum Gasteiger partial charge on any atom is 0.270 e. The molecule has 1 saturated carbocycles. The molecule has 3 rings (SSSR count). The minimum Gasteiger partial charge on any atom is -0.379 e. The van der Waals surface area contributed by atoms with Gasteiger partial charge in [0.15, 0.2) is 0 Å². The summed E-state index contributed by atoms with van der Waals surface area (Å²) >= 11 is 0. The fraction of sp³-hybridized carbons (Fsp3) is 0.588. The first-order chi connectivity index (χ1) is 12.9. The summed E-state index contributed by atoms with van der Waals surface area (Å²) in [4.78, 5) is 10.4. The van der Waals surface area contributed by atoms with Gasteiger partial charge in [0.05, 0.1) is 23.8 Å². The van der Waals surface area contributed by atoms with E-state index in [0.717, 1.165) is 37.5 Å². The second-order valence-electron chi connectivity index (χ2n) is 6.82. The minimum absolute atomic E-state index is 0.133. The molecule has 1 aliphatic heterocycles. The molecule has 1 aliphatic carbocycles. The standard InChI is InChI=1S/C17H24N4O5S/c1-13-4-2-3-5-15(13)18-19-16-7-6-14(21(22)23)12-17(16)27(24,25)20-8-10-26-11-9-20/h6-7,12-13,19H,2-5,8-11H2,1H3/b18-15-/t13-/m0/s1. The first-order valence-electron chi connectivity index (χ1n) is 9.08. The topological polar surface area (TPSA) is 114 Å². The van der Waals surface area contributed by atoms with Crippen LogP contribution >= 0.6 is 0 Å². The van der Waals surface area contributed by atoms with Crippen molar-refractivity contribution in [3.63, 3.8) is 0 Å². The van der Waals surface area contributed by atoms with Crippen LogP contribution in [0.5, 0.6) is 0 Å². The third-order valence-electron chi connectivity index (χ3n) is 4.97. The molecule has 10 heteroatoms. The lowest BCUT2D eigenvalue weighted by atomic mass is 9.89. The molecule has 0 bridgehead atoms. The van der Waals surface area contributed by atoms with Crippen LogP contribution < -0.4 is 5.43 Å². The van der Waals surface area contributed by atoms with Crippen LogP contribution in [0, 0.1) is 16.0 Å². The summed E-state index contributed by atoms with van der Waals surface area (Å²) in [6, 6.07) is 3.78. The number of nitro groups is 1. The van der Waals surface area contributed by atoms with Crippen molar-refractivity contribution in [1.82, 2.24) is 4.31 Å². The van der Waals surface area contributed by atoms with E-state index < -0.39 is 14.9 Å². The number of morpholine rings is 1. The van der Waals surface area contributed by atoms with Gasteiger partial charge >= 0.3 is 0 Å². The zero-order valence-electron chi connectivity index (χ0n) is 15.3. The lowest BCUT2D eigenvalue weighted by molar-refractivity contribution is -0.385. The number of hydrazone groups is 1. The summed E-state index contributed by atoms with van der Waals surface area (Å²) in [7, 11) is -3.90. The molecule has 9 nitrogen and oxygen atoms in total. The van der Waals surface area contributed by atoms with E-state index in [2.05, 4.69) is 17.5 Å². The van der Waals surface area contributed by atoms with Gasteiger partial charge in [-0.2, -0.15) is 9.41 Å². The second-order valence-corrected chi connectivity index (χ2v) is 8.72. The number of ether oxygens (including phenoxy) is 1. The average molecular weight is 396 g/mol. The first-order valence-corrected chi connectivity index (χ1v) is 10.5. The Morgan fingerprint density at radius 1 is 1.30 bits per heavy atom. The van der Waals surface area contributed by atoms with E-state index in [1.54, 1.807) is 0 Å². The molecule has 148 valence electrons. The summed E-state index contributed by atoms with van der Waals surface area (Å²) < 4.78 is 32.6. The van der Waals surface area contributed by atoms with E-state index in [1.807, 2.05) is 0 Å². The highest BCUT2D eigenvalue weighted by atomic mass is 32.2. The number of anilines is 1. The van der Waals surface area contributed by atoms with Crippen molar-refractivity contribution in [1.29, 1.82) is 0 Å². The number of benzene rings is 1. The van der Waals surface area contributed by atoms with Gasteiger partial charge in [0, 0.05) is 30.9 Å². The molecule has 1 heterocycles. The molecule has 0 radical (unpaired) electrons. The van der Waals surface area contributed by atoms with E-state index in [-0.39, 0.29) is 29.4 Å². The number of hydrogen-bond acceptors (Lipinski definition) is 7. The molecule has 1 aromatic carbocycles. The van der Waals surface area contributed by atoms with Crippen LogP contribution in [0.2, 0.25) is 0 Å². The van der Waals surface area contributed by atoms with Gasteiger partial charge in [0.1, 0.15) is 4.90 Å². The Bertz CT molecular complexity index is 834. The van der Waals surface area contributed by atoms with E-state index >= 15 is 0 Å². The molecule has 0 amide bonds. The quantitative estimate of drug-likeness (QED) is 0.604. The van der Waals surface area contributed by atoms with Gasteiger partial charge in [-0.3, -0.25) is 15.5 Å². The Hall–Kier alpha value is -2.04. The van der Waals surface area contributed by atoms with Crippen molar-refractivity contribution in [3.05, 3.63) is 28.3 Å². The molecule has 2 fully saturated rings. The van der Waals surface area contributed by atoms with Crippen molar-refractivity contribution in [2.45, 2.75) is 37.5 Å². The molecule has 1 saturated heterocycles. The Kier molecular flexibility index (Phi) is 6.08. The SMILES string of the molecule is C[C@H]1CCCC/C1=N/Nc1ccc([N+](=O)[O-])cc1S(=O)(=O)N1CCOCC1. The number of hydrogen-bond donors (Lipinski definition) is 1. The number of nitrogens with one attached hydrogen (secondary N) is 1. The number of non-ortho nitro benzene ring substituents is 1. The Morgan fingerprint density at radius 3 is 2.70 bits per heavy atom. The molecule has 1 N–H and O–H groups in total. The van der Waals surface area contributed by atoms with Gasteiger partial charge in [-0.25, -0.2) is 8.42 Å². The predicted octanol–water partition coefficient (Wildman–Crippen LogP) is 2.59. The molecule has 0 unspecified atom stereocenters. The van der Waals surface area contributed by atoms with Crippen LogP contribution in [0.3, 0.4) is 0 Å². The van der Waals surface area contributed by atoms with E-state index in [9.17, 15) is 18.5 Å². The summed E-state index contributed by atoms with van der Waals surface area (Å²) in [6.45, 7) is 3.14.